The first-order valence-electron chi connectivity index (χ1n) is 7.07. The van der Waals surface area contributed by atoms with Gasteiger partial charge in [0.25, 0.3) is 10.0 Å². The van der Waals surface area contributed by atoms with Gasteiger partial charge in [-0.25, -0.2) is 27.9 Å². The molecule has 2 amide bonds. The summed E-state index contributed by atoms with van der Waals surface area (Å²) in [6.07, 6.45) is 1.63. The lowest BCUT2D eigenvalue weighted by Gasteiger charge is -2.19. The molecule has 25 heavy (non-hydrogen) atoms. The number of sulfonamides is 1. The van der Waals surface area contributed by atoms with Crippen LogP contribution in [0.5, 0.6) is 0 Å². The fraction of sp³-hybridized carbons (Fsp3) is 0.214. The van der Waals surface area contributed by atoms with Crippen LogP contribution in [0.3, 0.4) is 0 Å². The molecule has 0 saturated carbocycles. The second-order valence-electron chi connectivity index (χ2n) is 4.99. The number of anilines is 1. The average Bonchev–Trinajstić information content (AvgIpc) is 2.54. The quantitative estimate of drug-likeness (QED) is 0.791. The van der Waals surface area contributed by atoms with Crippen LogP contribution in [0.2, 0.25) is 5.02 Å². The highest BCUT2D eigenvalue weighted by molar-refractivity contribution is 8.17. The topological polar surface area (TPSA) is 101 Å². The summed E-state index contributed by atoms with van der Waals surface area (Å²) in [7, 11) is -4.09. The molecule has 7 nitrogen and oxygen atoms in total. The molecule has 2 heterocycles. The molecule has 1 aliphatic rings. The van der Waals surface area contributed by atoms with Gasteiger partial charge in [-0.3, -0.25) is 5.32 Å². The summed E-state index contributed by atoms with van der Waals surface area (Å²) in [6.45, 7) is 2.09. The van der Waals surface area contributed by atoms with E-state index in [2.05, 4.69) is 22.2 Å². The van der Waals surface area contributed by atoms with Gasteiger partial charge in [0, 0.05) is 16.8 Å². The van der Waals surface area contributed by atoms with Crippen molar-refractivity contribution in [2.24, 2.45) is 0 Å². The molecule has 1 atom stereocenters. The Morgan fingerprint density at radius 2 is 2.12 bits per heavy atom. The number of thioether (sulfide) groups is 2. The summed E-state index contributed by atoms with van der Waals surface area (Å²) >= 11 is 9.24. The Morgan fingerprint density at radius 3 is 2.88 bits per heavy atom. The molecular weight excluding hydrogens is 404 g/mol. The number of aromatic nitrogens is 2. The van der Waals surface area contributed by atoms with E-state index in [9.17, 15) is 13.2 Å². The van der Waals surface area contributed by atoms with Crippen LogP contribution in [0.1, 0.15) is 12.6 Å². The Kier molecular flexibility index (Phi) is 5.42. The number of rotatable bonds is 3. The monoisotopic (exact) mass is 416 g/mol. The first kappa shape index (κ1) is 18.3. The van der Waals surface area contributed by atoms with Gasteiger partial charge in [-0.05, 0) is 19.1 Å². The predicted molar refractivity (Wildman–Crippen MR) is 99.4 cm³/mol. The van der Waals surface area contributed by atoms with E-state index in [4.69, 9.17) is 11.6 Å². The van der Waals surface area contributed by atoms with Crippen molar-refractivity contribution in [3.8, 4) is 0 Å². The molecule has 3 rings (SSSR count). The maximum Gasteiger partial charge on any atom is 0.335 e. The van der Waals surface area contributed by atoms with Crippen LogP contribution in [-0.4, -0.2) is 29.0 Å². The number of hydrogen-bond acceptors (Lipinski definition) is 7. The number of nitrogens with one attached hydrogen (secondary N) is 2. The van der Waals surface area contributed by atoms with E-state index < -0.39 is 16.1 Å². The summed E-state index contributed by atoms with van der Waals surface area (Å²) in [4.78, 5) is 21.1. The van der Waals surface area contributed by atoms with Crippen molar-refractivity contribution < 1.29 is 13.2 Å². The fourth-order valence-electron chi connectivity index (χ4n) is 2.04. The zero-order valence-corrected chi connectivity index (χ0v) is 16.1. The van der Waals surface area contributed by atoms with Gasteiger partial charge >= 0.3 is 6.03 Å². The SMILES string of the molecule is CC1SCc2nc(NC(=O)NS(=O)(=O)c3ccccc3Cl)ncc2S1. The normalized spacial score (nSPS) is 16.8. The lowest BCUT2D eigenvalue weighted by molar-refractivity contribution is 0.256. The Labute approximate surface area is 158 Å². The number of nitrogens with zero attached hydrogens (tertiary/aromatic N) is 2. The van der Waals surface area contributed by atoms with E-state index in [1.807, 2.05) is 4.72 Å². The molecule has 2 aromatic rings. The number of carbonyl (C=O) groups excluding carboxylic acids is 1. The van der Waals surface area contributed by atoms with Crippen LogP contribution >= 0.6 is 35.1 Å². The number of carbonyl (C=O) groups is 1. The molecule has 1 unspecified atom stereocenters. The summed E-state index contributed by atoms with van der Waals surface area (Å²) in [5.41, 5.74) is 0.812. The maximum atomic E-state index is 12.2. The minimum Gasteiger partial charge on any atom is -0.275 e. The highest BCUT2D eigenvalue weighted by Crippen LogP contribution is 2.39. The summed E-state index contributed by atoms with van der Waals surface area (Å²) < 4.78 is 26.7. The molecule has 0 bridgehead atoms. The second kappa shape index (κ2) is 7.40. The zero-order valence-electron chi connectivity index (χ0n) is 12.9. The van der Waals surface area contributed by atoms with Crippen LogP contribution in [0.15, 0.2) is 40.3 Å². The van der Waals surface area contributed by atoms with Crippen LogP contribution in [0.25, 0.3) is 0 Å². The molecule has 0 fully saturated rings. The summed E-state index contributed by atoms with van der Waals surface area (Å²) in [6, 6.07) is 4.89. The van der Waals surface area contributed by atoms with E-state index in [-0.39, 0.29) is 15.9 Å². The number of urea groups is 1. The Hall–Kier alpha value is -1.49. The van der Waals surface area contributed by atoms with Gasteiger partial charge in [0.15, 0.2) is 0 Å². The second-order valence-corrected chi connectivity index (χ2v) is 10.1. The molecule has 0 radical (unpaired) electrons. The first-order valence-corrected chi connectivity index (χ1v) is 10.9. The van der Waals surface area contributed by atoms with Crippen LogP contribution in [0, 0.1) is 0 Å². The number of amides is 2. The molecule has 2 N–H and O–H groups in total. The standard InChI is InChI=1S/C14H13ClN4O3S3/c1-8-23-7-10-11(24-8)6-16-13(17-10)18-14(20)19-25(21,22)12-5-3-2-4-9(12)15/h2-6,8H,7H2,1H3,(H2,16,17,18,19,20). The average molecular weight is 417 g/mol. The maximum absolute atomic E-state index is 12.2. The van der Waals surface area contributed by atoms with Crippen molar-refractivity contribution in [2.75, 3.05) is 5.32 Å². The van der Waals surface area contributed by atoms with Gasteiger partial charge in [-0.1, -0.05) is 23.7 Å². The number of halogens is 1. The van der Waals surface area contributed by atoms with Crippen molar-refractivity contribution in [1.82, 2.24) is 14.7 Å². The molecule has 1 aromatic carbocycles. The lowest BCUT2D eigenvalue weighted by atomic mass is 10.4. The molecule has 0 saturated heterocycles. The first-order chi connectivity index (χ1) is 11.8. The third-order valence-corrected chi connectivity index (χ3v) is 7.52. The molecule has 1 aliphatic heterocycles. The molecule has 11 heteroatoms. The number of fused-ring (bicyclic) bond motifs is 1. The molecule has 1 aromatic heterocycles. The minimum absolute atomic E-state index is 0.0241. The molecule has 0 aliphatic carbocycles. The Balaban J connectivity index is 1.72. The highest BCUT2D eigenvalue weighted by atomic mass is 35.5. The Morgan fingerprint density at radius 1 is 1.36 bits per heavy atom. The predicted octanol–water partition coefficient (Wildman–Crippen LogP) is 3.33. The minimum atomic E-state index is -4.09. The molecule has 0 spiro atoms. The zero-order chi connectivity index (χ0) is 18.0. The van der Waals surface area contributed by atoms with Crippen LogP contribution in [0.4, 0.5) is 10.7 Å². The van der Waals surface area contributed by atoms with Crippen LogP contribution in [-0.2, 0) is 15.8 Å². The van der Waals surface area contributed by atoms with Gasteiger partial charge in [0.2, 0.25) is 5.95 Å². The molecular formula is C14H13ClN4O3S3. The van der Waals surface area contributed by atoms with E-state index in [1.165, 1.54) is 18.2 Å². The number of hydrogen-bond donors (Lipinski definition) is 2. The van der Waals surface area contributed by atoms with E-state index in [0.717, 1.165) is 10.6 Å². The summed E-state index contributed by atoms with van der Waals surface area (Å²) in [5.74, 6) is 0.751. The smallest absolute Gasteiger partial charge is 0.275 e. The lowest BCUT2D eigenvalue weighted by Crippen LogP contribution is -2.35. The van der Waals surface area contributed by atoms with Crippen molar-refractivity contribution in [1.29, 1.82) is 0 Å². The third kappa shape index (κ3) is 4.38. The van der Waals surface area contributed by atoms with Gasteiger partial charge in [0.1, 0.15) is 4.90 Å². The van der Waals surface area contributed by atoms with Gasteiger partial charge in [0.05, 0.1) is 15.3 Å². The highest BCUT2D eigenvalue weighted by Gasteiger charge is 2.22. The largest absolute Gasteiger partial charge is 0.335 e. The van der Waals surface area contributed by atoms with Crippen molar-refractivity contribution in [3.05, 3.63) is 41.2 Å². The fourth-order valence-corrected chi connectivity index (χ4v) is 5.69. The van der Waals surface area contributed by atoms with Gasteiger partial charge in [-0.15, -0.1) is 23.5 Å². The molecule has 132 valence electrons. The van der Waals surface area contributed by atoms with Crippen molar-refractivity contribution in [2.45, 2.75) is 27.0 Å². The van der Waals surface area contributed by atoms with E-state index in [0.29, 0.717) is 10.3 Å². The van der Waals surface area contributed by atoms with E-state index >= 15 is 0 Å². The third-order valence-electron chi connectivity index (χ3n) is 3.16. The Bertz CT molecular complexity index is 923. The number of benzene rings is 1. The van der Waals surface area contributed by atoms with E-state index in [1.54, 1.807) is 35.8 Å². The van der Waals surface area contributed by atoms with Crippen LogP contribution < -0.4 is 10.0 Å². The van der Waals surface area contributed by atoms with Crippen molar-refractivity contribution >= 4 is 57.1 Å². The van der Waals surface area contributed by atoms with Crippen molar-refractivity contribution in [3.63, 3.8) is 0 Å². The summed E-state index contributed by atoms with van der Waals surface area (Å²) in [5, 5.41) is 2.36. The van der Waals surface area contributed by atoms with Gasteiger partial charge in [-0.2, -0.15) is 0 Å². The van der Waals surface area contributed by atoms with Gasteiger partial charge < -0.3 is 0 Å².